The van der Waals surface area contributed by atoms with E-state index in [2.05, 4.69) is 26.8 Å². The summed E-state index contributed by atoms with van der Waals surface area (Å²) in [5, 5.41) is 0. The summed E-state index contributed by atoms with van der Waals surface area (Å²) in [5.74, 6) is 0.726. The van der Waals surface area contributed by atoms with Crippen LogP contribution in [0.4, 0.5) is 0 Å². The fraction of sp³-hybridized carbons (Fsp3) is 0.867. The van der Waals surface area contributed by atoms with E-state index in [0.717, 1.165) is 45.0 Å². The summed E-state index contributed by atoms with van der Waals surface area (Å²) in [7, 11) is 0. The quantitative estimate of drug-likeness (QED) is 0.369. The van der Waals surface area contributed by atoms with Crippen LogP contribution in [0.15, 0.2) is 12.3 Å². The summed E-state index contributed by atoms with van der Waals surface area (Å²) in [4.78, 5) is 0. The van der Waals surface area contributed by atoms with Gasteiger partial charge in [0.25, 0.3) is 0 Å². The van der Waals surface area contributed by atoms with Crippen LogP contribution in [0.2, 0.25) is 0 Å². The molecule has 2 heteroatoms. The summed E-state index contributed by atoms with van der Waals surface area (Å²) in [6.45, 7) is 9.28. The Hall–Kier alpha value is -0.500. The zero-order chi connectivity index (χ0) is 12.8. The lowest BCUT2D eigenvalue weighted by atomic mass is 10.1. The van der Waals surface area contributed by atoms with E-state index in [-0.39, 0.29) is 0 Å². The van der Waals surface area contributed by atoms with Crippen molar-refractivity contribution in [3.05, 3.63) is 12.3 Å². The first kappa shape index (κ1) is 16.5. The van der Waals surface area contributed by atoms with Crippen molar-refractivity contribution in [3.8, 4) is 0 Å². The molecule has 0 radical (unpaired) electrons. The third-order valence-electron chi connectivity index (χ3n) is 2.56. The highest BCUT2D eigenvalue weighted by Gasteiger charge is 1.91. The Morgan fingerprint density at radius 2 is 1.76 bits per heavy atom. The van der Waals surface area contributed by atoms with Crippen LogP contribution in [0.3, 0.4) is 0 Å². The molecule has 102 valence electrons. The molecule has 17 heavy (non-hydrogen) atoms. The SMILES string of the molecule is CCCCOCCCC/C=C/OCCC(C)C. The predicted molar refractivity (Wildman–Crippen MR) is 74.1 cm³/mol. The molecular weight excluding hydrogens is 212 g/mol. The molecule has 0 aliphatic rings. The standard InChI is InChI=1S/C15H30O2/c1-4-5-11-16-12-8-6-7-9-13-17-14-10-15(2)3/h9,13,15H,4-8,10-12,14H2,1-3H3/b13-9+. The molecule has 0 amide bonds. The second-order valence-corrected chi connectivity index (χ2v) is 4.89. The van der Waals surface area contributed by atoms with Gasteiger partial charge in [0, 0.05) is 13.2 Å². The van der Waals surface area contributed by atoms with Gasteiger partial charge < -0.3 is 9.47 Å². The monoisotopic (exact) mass is 242 g/mol. The minimum absolute atomic E-state index is 0.726. The predicted octanol–water partition coefficient (Wildman–Crippen LogP) is 4.55. The molecule has 0 N–H and O–H groups in total. The van der Waals surface area contributed by atoms with Gasteiger partial charge in [0.1, 0.15) is 0 Å². The van der Waals surface area contributed by atoms with Crippen molar-refractivity contribution in [2.45, 2.75) is 59.3 Å². The average Bonchev–Trinajstić information content (AvgIpc) is 2.30. The fourth-order valence-corrected chi connectivity index (χ4v) is 1.32. The number of unbranched alkanes of at least 4 members (excludes halogenated alkanes) is 3. The van der Waals surface area contributed by atoms with Crippen LogP contribution in [0, 0.1) is 5.92 Å². The third-order valence-corrected chi connectivity index (χ3v) is 2.56. The van der Waals surface area contributed by atoms with Gasteiger partial charge >= 0.3 is 0 Å². The number of rotatable bonds is 12. The Morgan fingerprint density at radius 1 is 1.00 bits per heavy atom. The first-order valence-corrected chi connectivity index (χ1v) is 7.11. The highest BCUT2D eigenvalue weighted by Crippen LogP contribution is 2.01. The van der Waals surface area contributed by atoms with E-state index >= 15 is 0 Å². The highest BCUT2D eigenvalue weighted by atomic mass is 16.5. The van der Waals surface area contributed by atoms with Gasteiger partial charge in [-0.05, 0) is 44.1 Å². The normalized spacial score (nSPS) is 11.5. The largest absolute Gasteiger partial charge is 0.502 e. The first-order chi connectivity index (χ1) is 8.27. The number of hydrogen-bond acceptors (Lipinski definition) is 2. The summed E-state index contributed by atoms with van der Waals surface area (Å²) in [6, 6.07) is 0. The zero-order valence-corrected chi connectivity index (χ0v) is 11.9. The van der Waals surface area contributed by atoms with E-state index in [4.69, 9.17) is 9.47 Å². The number of allylic oxidation sites excluding steroid dienone is 1. The molecule has 0 aromatic rings. The Bertz CT molecular complexity index is 164. The molecule has 0 spiro atoms. The van der Waals surface area contributed by atoms with E-state index in [1.54, 1.807) is 0 Å². The van der Waals surface area contributed by atoms with Crippen molar-refractivity contribution in [1.82, 2.24) is 0 Å². The van der Waals surface area contributed by atoms with Gasteiger partial charge in [0.15, 0.2) is 0 Å². The Labute approximate surface area is 107 Å². The minimum atomic E-state index is 0.726. The van der Waals surface area contributed by atoms with Crippen molar-refractivity contribution in [1.29, 1.82) is 0 Å². The molecule has 0 unspecified atom stereocenters. The molecule has 0 saturated carbocycles. The second kappa shape index (κ2) is 13.6. The topological polar surface area (TPSA) is 18.5 Å². The van der Waals surface area contributed by atoms with Crippen molar-refractivity contribution < 1.29 is 9.47 Å². The summed E-state index contributed by atoms with van der Waals surface area (Å²) in [5.41, 5.74) is 0. The molecule has 0 saturated heterocycles. The van der Waals surface area contributed by atoms with Gasteiger partial charge in [-0.25, -0.2) is 0 Å². The Balaban J connectivity index is 3.04. The Kier molecular flexibility index (Phi) is 13.2. The average molecular weight is 242 g/mol. The molecule has 0 aliphatic heterocycles. The van der Waals surface area contributed by atoms with Crippen LogP contribution in [-0.2, 0) is 9.47 Å². The molecule has 0 aromatic carbocycles. The maximum atomic E-state index is 5.49. The number of ether oxygens (including phenoxy) is 2. The molecular formula is C15H30O2. The Morgan fingerprint density at radius 3 is 2.47 bits per heavy atom. The van der Waals surface area contributed by atoms with E-state index in [1.807, 2.05) is 6.26 Å². The molecule has 2 nitrogen and oxygen atoms in total. The van der Waals surface area contributed by atoms with Crippen LogP contribution in [-0.4, -0.2) is 19.8 Å². The fourth-order valence-electron chi connectivity index (χ4n) is 1.32. The van der Waals surface area contributed by atoms with E-state index in [0.29, 0.717) is 0 Å². The van der Waals surface area contributed by atoms with Crippen molar-refractivity contribution in [2.75, 3.05) is 19.8 Å². The lowest BCUT2D eigenvalue weighted by Crippen LogP contribution is -1.96. The van der Waals surface area contributed by atoms with Gasteiger partial charge in [-0.3, -0.25) is 0 Å². The van der Waals surface area contributed by atoms with Crippen molar-refractivity contribution >= 4 is 0 Å². The van der Waals surface area contributed by atoms with Crippen LogP contribution >= 0.6 is 0 Å². The zero-order valence-electron chi connectivity index (χ0n) is 11.9. The molecule has 0 rings (SSSR count). The summed E-state index contributed by atoms with van der Waals surface area (Å²) in [6.07, 6.45) is 10.9. The second-order valence-electron chi connectivity index (χ2n) is 4.89. The van der Waals surface area contributed by atoms with Crippen LogP contribution in [0.1, 0.15) is 59.3 Å². The van der Waals surface area contributed by atoms with Gasteiger partial charge in [0.05, 0.1) is 12.9 Å². The van der Waals surface area contributed by atoms with Gasteiger partial charge in [-0.15, -0.1) is 0 Å². The molecule has 0 heterocycles. The summed E-state index contributed by atoms with van der Waals surface area (Å²) < 4.78 is 10.9. The minimum Gasteiger partial charge on any atom is -0.502 e. The van der Waals surface area contributed by atoms with Crippen LogP contribution in [0.25, 0.3) is 0 Å². The third kappa shape index (κ3) is 15.5. The van der Waals surface area contributed by atoms with E-state index in [1.165, 1.54) is 19.3 Å². The molecule has 0 aromatic heterocycles. The van der Waals surface area contributed by atoms with E-state index < -0.39 is 0 Å². The van der Waals surface area contributed by atoms with Gasteiger partial charge in [0.2, 0.25) is 0 Å². The molecule has 0 fully saturated rings. The van der Waals surface area contributed by atoms with Gasteiger partial charge in [-0.2, -0.15) is 0 Å². The maximum absolute atomic E-state index is 5.49. The lowest BCUT2D eigenvalue weighted by Gasteiger charge is -2.03. The molecule has 0 aliphatic carbocycles. The molecule has 0 bridgehead atoms. The maximum Gasteiger partial charge on any atom is 0.0875 e. The number of hydrogen-bond donors (Lipinski definition) is 0. The smallest absolute Gasteiger partial charge is 0.0875 e. The van der Waals surface area contributed by atoms with Gasteiger partial charge in [-0.1, -0.05) is 27.2 Å². The first-order valence-electron chi connectivity index (χ1n) is 7.11. The van der Waals surface area contributed by atoms with Crippen molar-refractivity contribution in [2.24, 2.45) is 5.92 Å². The lowest BCUT2D eigenvalue weighted by molar-refractivity contribution is 0.127. The molecule has 0 atom stereocenters. The van der Waals surface area contributed by atoms with Crippen molar-refractivity contribution in [3.63, 3.8) is 0 Å². The summed E-state index contributed by atoms with van der Waals surface area (Å²) >= 11 is 0. The van der Waals surface area contributed by atoms with E-state index in [9.17, 15) is 0 Å². The van der Waals surface area contributed by atoms with Crippen LogP contribution in [0.5, 0.6) is 0 Å². The van der Waals surface area contributed by atoms with Crippen LogP contribution < -0.4 is 0 Å². The highest BCUT2D eigenvalue weighted by molar-refractivity contribution is 4.73.